The third-order valence-electron chi connectivity index (χ3n) is 4.81. The molecule has 0 aliphatic carbocycles. The van der Waals surface area contributed by atoms with E-state index in [-0.39, 0.29) is 5.56 Å². The van der Waals surface area contributed by atoms with Gasteiger partial charge >= 0.3 is 0 Å². The SMILES string of the molecule is [N-]=[N+]=Nc1c(-c2ccccc2)c(=O)n2c3ccccc3c3cccc1c32. The maximum Gasteiger partial charge on any atom is 0.263 e. The van der Waals surface area contributed by atoms with Crippen molar-refractivity contribution in [1.29, 1.82) is 0 Å². The average Bonchev–Trinajstić information content (AvgIpc) is 3.03. The fraction of sp³-hybridized carbons (Fsp3) is 0. The second-order valence-corrected chi connectivity index (χ2v) is 6.14. The predicted molar refractivity (Wildman–Crippen MR) is 104 cm³/mol. The van der Waals surface area contributed by atoms with E-state index in [2.05, 4.69) is 10.0 Å². The van der Waals surface area contributed by atoms with Crippen molar-refractivity contribution in [2.24, 2.45) is 5.11 Å². The monoisotopic (exact) mass is 336 g/mol. The number of para-hydroxylation sites is 2. The second kappa shape index (κ2) is 5.34. The van der Waals surface area contributed by atoms with Crippen LogP contribution in [-0.2, 0) is 0 Å². The smallest absolute Gasteiger partial charge is 0.263 e. The number of hydrogen-bond donors (Lipinski definition) is 0. The van der Waals surface area contributed by atoms with Crippen molar-refractivity contribution in [3.05, 3.63) is 93.6 Å². The summed E-state index contributed by atoms with van der Waals surface area (Å²) < 4.78 is 1.73. The van der Waals surface area contributed by atoms with Gasteiger partial charge in [0.25, 0.3) is 5.56 Å². The lowest BCUT2D eigenvalue weighted by Gasteiger charge is -2.10. The van der Waals surface area contributed by atoms with E-state index < -0.39 is 0 Å². The first kappa shape index (κ1) is 14.5. The van der Waals surface area contributed by atoms with Crippen LogP contribution >= 0.6 is 0 Å². The fourth-order valence-electron chi connectivity index (χ4n) is 3.78. The van der Waals surface area contributed by atoms with Crippen LogP contribution in [0.3, 0.4) is 0 Å². The highest BCUT2D eigenvalue weighted by molar-refractivity contribution is 6.17. The molecule has 26 heavy (non-hydrogen) atoms. The number of fused-ring (bicyclic) bond motifs is 3. The van der Waals surface area contributed by atoms with E-state index in [4.69, 9.17) is 5.53 Å². The van der Waals surface area contributed by atoms with E-state index in [1.165, 1.54) is 0 Å². The highest BCUT2D eigenvalue weighted by atomic mass is 16.1. The molecule has 2 aromatic heterocycles. The van der Waals surface area contributed by atoms with Crippen LogP contribution in [0.25, 0.3) is 48.8 Å². The molecule has 0 fully saturated rings. The summed E-state index contributed by atoms with van der Waals surface area (Å²) in [6, 6.07) is 23.0. The number of nitrogens with zero attached hydrogens (tertiary/aromatic N) is 4. The van der Waals surface area contributed by atoms with Crippen molar-refractivity contribution in [2.45, 2.75) is 0 Å². The lowest BCUT2D eigenvalue weighted by atomic mass is 10.0. The first-order valence-corrected chi connectivity index (χ1v) is 8.23. The molecule has 0 amide bonds. The molecular formula is C21H12N4O. The van der Waals surface area contributed by atoms with Crippen molar-refractivity contribution >= 4 is 32.9 Å². The number of benzene rings is 3. The van der Waals surface area contributed by atoms with Gasteiger partial charge in [0, 0.05) is 21.1 Å². The zero-order chi connectivity index (χ0) is 17.7. The molecule has 5 nitrogen and oxygen atoms in total. The Balaban J connectivity index is 2.15. The molecule has 0 aliphatic heterocycles. The molecule has 0 bridgehead atoms. The third-order valence-corrected chi connectivity index (χ3v) is 4.81. The van der Waals surface area contributed by atoms with E-state index >= 15 is 0 Å². The van der Waals surface area contributed by atoms with E-state index in [9.17, 15) is 4.79 Å². The Morgan fingerprint density at radius 1 is 0.808 bits per heavy atom. The summed E-state index contributed by atoms with van der Waals surface area (Å²) in [4.78, 5) is 16.5. The predicted octanol–water partition coefficient (Wildman–Crippen LogP) is 5.65. The molecule has 0 N–H and O–H groups in total. The highest BCUT2D eigenvalue weighted by Crippen LogP contribution is 2.39. The fourth-order valence-corrected chi connectivity index (χ4v) is 3.78. The van der Waals surface area contributed by atoms with Crippen LogP contribution in [0.15, 0.2) is 82.7 Å². The van der Waals surface area contributed by atoms with E-state index in [1.54, 1.807) is 4.40 Å². The molecule has 5 heteroatoms. The van der Waals surface area contributed by atoms with Crippen molar-refractivity contribution in [3.8, 4) is 11.1 Å². The van der Waals surface area contributed by atoms with Gasteiger partial charge in [-0.15, -0.1) is 0 Å². The van der Waals surface area contributed by atoms with Gasteiger partial charge in [0.05, 0.1) is 22.3 Å². The average molecular weight is 336 g/mol. The normalized spacial score (nSPS) is 11.2. The summed E-state index contributed by atoms with van der Waals surface area (Å²) in [5, 5.41) is 6.67. The molecular weight excluding hydrogens is 324 g/mol. The molecule has 5 rings (SSSR count). The van der Waals surface area contributed by atoms with Gasteiger partial charge in [-0.1, -0.05) is 71.8 Å². The molecule has 2 heterocycles. The minimum Gasteiger partial charge on any atom is -0.275 e. The van der Waals surface area contributed by atoms with Crippen LogP contribution in [0.5, 0.6) is 0 Å². The first-order valence-electron chi connectivity index (χ1n) is 8.23. The number of hydrogen-bond acceptors (Lipinski definition) is 2. The minimum atomic E-state index is -0.177. The molecule has 0 unspecified atom stereocenters. The van der Waals surface area contributed by atoms with Crippen molar-refractivity contribution in [1.82, 2.24) is 4.40 Å². The molecule has 3 aromatic carbocycles. The zero-order valence-corrected chi connectivity index (χ0v) is 13.6. The zero-order valence-electron chi connectivity index (χ0n) is 13.6. The Bertz CT molecular complexity index is 1400. The summed E-state index contributed by atoms with van der Waals surface area (Å²) >= 11 is 0. The number of azide groups is 1. The topological polar surface area (TPSA) is 70.2 Å². The Hall–Kier alpha value is -3.82. The Labute approximate surface area is 147 Å². The van der Waals surface area contributed by atoms with Gasteiger partial charge in [0.1, 0.15) is 0 Å². The summed E-state index contributed by atoms with van der Waals surface area (Å²) in [6.45, 7) is 0. The summed E-state index contributed by atoms with van der Waals surface area (Å²) in [5.41, 5.74) is 12.1. The maximum atomic E-state index is 13.5. The number of aromatic nitrogens is 1. The van der Waals surface area contributed by atoms with Crippen LogP contribution < -0.4 is 5.56 Å². The highest BCUT2D eigenvalue weighted by Gasteiger charge is 2.20. The van der Waals surface area contributed by atoms with Crippen LogP contribution in [0.4, 0.5) is 5.69 Å². The summed E-state index contributed by atoms with van der Waals surface area (Å²) in [5.74, 6) is 0. The molecule has 0 atom stereocenters. The van der Waals surface area contributed by atoms with E-state index in [1.807, 2.05) is 72.8 Å². The van der Waals surface area contributed by atoms with Gasteiger partial charge in [-0.25, -0.2) is 0 Å². The Kier molecular flexibility index (Phi) is 2.98. The van der Waals surface area contributed by atoms with Crippen LogP contribution in [0, 0.1) is 0 Å². The van der Waals surface area contributed by atoms with Crippen LogP contribution in [0.2, 0.25) is 0 Å². The van der Waals surface area contributed by atoms with Gasteiger partial charge in [-0.2, -0.15) is 0 Å². The molecule has 122 valence electrons. The van der Waals surface area contributed by atoms with E-state index in [0.29, 0.717) is 11.3 Å². The number of pyridine rings is 1. The molecule has 0 saturated carbocycles. The van der Waals surface area contributed by atoms with Crippen molar-refractivity contribution in [2.75, 3.05) is 0 Å². The van der Waals surface area contributed by atoms with E-state index in [0.717, 1.165) is 32.8 Å². The van der Waals surface area contributed by atoms with Gasteiger partial charge in [-0.3, -0.25) is 9.20 Å². The van der Waals surface area contributed by atoms with Gasteiger partial charge < -0.3 is 0 Å². The summed E-state index contributed by atoms with van der Waals surface area (Å²) in [6.07, 6.45) is 0. The minimum absolute atomic E-state index is 0.177. The summed E-state index contributed by atoms with van der Waals surface area (Å²) in [7, 11) is 0. The maximum absolute atomic E-state index is 13.5. The van der Waals surface area contributed by atoms with Gasteiger partial charge in [0.15, 0.2) is 0 Å². The Morgan fingerprint density at radius 3 is 2.31 bits per heavy atom. The molecule has 0 aliphatic rings. The quantitative estimate of drug-likeness (QED) is 0.233. The molecule has 0 spiro atoms. The molecule has 0 saturated heterocycles. The standard InChI is InChI=1S/C21H12N4O/c22-24-23-19-16-11-6-10-15-14-9-4-5-12-17(14)25(20(15)16)21(26)18(19)13-7-2-1-3-8-13/h1-12H. The van der Waals surface area contributed by atoms with Gasteiger partial charge in [0.2, 0.25) is 0 Å². The largest absolute Gasteiger partial charge is 0.275 e. The third kappa shape index (κ3) is 1.80. The lowest BCUT2D eigenvalue weighted by molar-refractivity contribution is 1.18. The Morgan fingerprint density at radius 2 is 1.50 bits per heavy atom. The number of rotatable bonds is 2. The molecule has 0 radical (unpaired) electrons. The van der Waals surface area contributed by atoms with Crippen LogP contribution in [-0.4, -0.2) is 4.40 Å². The first-order chi connectivity index (χ1) is 12.8. The second-order valence-electron chi connectivity index (χ2n) is 6.14. The van der Waals surface area contributed by atoms with Crippen molar-refractivity contribution in [3.63, 3.8) is 0 Å². The van der Waals surface area contributed by atoms with Gasteiger partial charge in [-0.05, 0) is 17.2 Å². The van der Waals surface area contributed by atoms with Crippen LogP contribution in [0.1, 0.15) is 0 Å². The van der Waals surface area contributed by atoms with Crippen molar-refractivity contribution < 1.29 is 0 Å². The molecule has 5 aromatic rings. The lowest BCUT2D eigenvalue weighted by Crippen LogP contribution is -2.15.